The van der Waals surface area contributed by atoms with E-state index >= 15 is 0 Å². The van der Waals surface area contributed by atoms with Crippen LogP contribution < -0.4 is 0 Å². The maximum atomic E-state index is 4.84. The number of nitrogens with zero attached hydrogens (tertiary/aromatic N) is 3. The summed E-state index contributed by atoms with van der Waals surface area (Å²) >= 11 is 0. The summed E-state index contributed by atoms with van der Waals surface area (Å²) in [5.41, 5.74) is 14.6. The molecular formula is C28H17N3. The van der Waals surface area contributed by atoms with Gasteiger partial charge in [-0.15, -0.1) is 0 Å². The summed E-state index contributed by atoms with van der Waals surface area (Å²) in [5.74, 6) is 0. The molecule has 0 saturated carbocycles. The van der Waals surface area contributed by atoms with Crippen LogP contribution in [-0.2, 0) is 12.8 Å². The Labute approximate surface area is 178 Å². The first-order valence-corrected chi connectivity index (χ1v) is 10.8. The van der Waals surface area contributed by atoms with Crippen molar-refractivity contribution in [1.82, 2.24) is 14.4 Å². The van der Waals surface area contributed by atoms with Crippen molar-refractivity contribution in [2.24, 2.45) is 0 Å². The summed E-state index contributed by atoms with van der Waals surface area (Å²) in [6.45, 7) is 0. The zero-order valence-electron chi connectivity index (χ0n) is 16.8. The Hall–Kier alpha value is -3.98. The molecule has 6 aromatic rings. The Kier molecular flexibility index (Phi) is 2.74. The lowest BCUT2D eigenvalue weighted by atomic mass is 9.96. The minimum Gasteiger partial charge on any atom is -0.298 e. The van der Waals surface area contributed by atoms with E-state index in [2.05, 4.69) is 59.0 Å². The number of hydrogen-bond donors (Lipinski definition) is 0. The molecule has 0 unspecified atom stereocenters. The average molecular weight is 395 g/mol. The Bertz CT molecular complexity index is 1740. The number of benzene rings is 3. The Morgan fingerprint density at radius 1 is 0.645 bits per heavy atom. The van der Waals surface area contributed by atoms with Gasteiger partial charge in [0, 0.05) is 29.4 Å². The van der Waals surface area contributed by atoms with Crippen molar-refractivity contribution in [3.8, 4) is 22.3 Å². The fraction of sp³-hybridized carbons (Fsp3) is 0.0714. The molecule has 8 rings (SSSR count). The van der Waals surface area contributed by atoms with Crippen molar-refractivity contribution in [3.05, 3.63) is 102 Å². The van der Waals surface area contributed by atoms with Crippen LogP contribution in [0.4, 0.5) is 0 Å². The lowest BCUT2D eigenvalue weighted by molar-refractivity contribution is 1.17. The second-order valence-electron chi connectivity index (χ2n) is 8.63. The van der Waals surface area contributed by atoms with Crippen molar-refractivity contribution in [2.75, 3.05) is 0 Å². The molecule has 2 aliphatic carbocycles. The van der Waals surface area contributed by atoms with Crippen LogP contribution in [0.25, 0.3) is 49.7 Å². The fourth-order valence-electron chi connectivity index (χ4n) is 5.93. The van der Waals surface area contributed by atoms with E-state index in [-0.39, 0.29) is 0 Å². The van der Waals surface area contributed by atoms with Crippen molar-refractivity contribution in [3.63, 3.8) is 0 Å². The topological polar surface area (TPSA) is 30.2 Å². The summed E-state index contributed by atoms with van der Waals surface area (Å²) in [7, 11) is 0. The molecule has 3 heteroatoms. The maximum Gasteiger partial charge on any atom is 0.145 e. The summed E-state index contributed by atoms with van der Waals surface area (Å²) in [6, 6.07) is 22.2. The van der Waals surface area contributed by atoms with Crippen molar-refractivity contribution < 1.29 is 0 Å². The first kappa shape index (κ1) is 15.8. The maximum absolute atomic E-state index is 4.84. The highest BCUT2D eigenvalue weighted by molar-refractivity contribution is 6.14. The van der Waals surface area contributed by atoms with Gasteiger partial charge >= 0.3 is 0 Å². The van der Waals surface area contributed by atoms with Crippen LogP contribution in [0.2, 0.25) is 0 Å². The van der Waals surface area contributed by atoms with Crippen LogP contribution in [0.1, 0.15) is 22.3 Å². The Morgan fingerprint density at radius 3 is 2.42 bits per heavy atom. The van der Waals surface area contributed by atoms with Crippen molar-refractivity contribution >= 4 is 27.5 Å². The minimum atomic E-state index is 0.960. The zero-order chi connectivity index (χ0) is 20.1. The van der Waals surface area contributed by atoms with Crippen LogP contribution in [0.15, 0.2) is 79.3 Å². The molecule has 0 amide bonds. The number of rotatable bonds is 0. The summed E-state index contributed by atoms with van der Waals surface area (Å²) in [4.78, 5) is 9.53. The summed E-state index contributed by atoms with van der Waals surface area (Å²) in [5, 5.41) is 2.44. The van der Waals surface area contributed by atoms with E-state index in [1.165, 1.54) is 55.3 Å². The number of hydrogen-bond acceptors (Lipinski definition) is 2. The quantitative estimate of drug-likeness (QED) is 0.287. The largest absolute Gasteiger partial charge is 0.298 e. The molecule has 3 nitrogen and oxygen atoms in total. The van der Waals surface area contributed by atoms with E-state index in [1.54, 1.807) is 0 Å². The van der Waals surface area contributed by atoms with Crippen LogP contribution in [0.5, 0.6) is 0 Å². The van der Waals surface area contributed by atoms with E-state index in [1.807, 2.05) is 24.7 Å². The van der Waals surface area contributed by atoms with Gasteiger partial charge in [0.2, 0.25) is 0 Å². The summed E-state index contributed by atoms with van der Waals surface area (Å²) < 4.78 is 2.16. The molecule has 0 atom stereocenters. The average Bonchev–Trinajstić information content (AvgIpc) is 3.53. The second kappa shape index (κ2) is 5.38. The van der Waals surface area contributed by atoms with E-state index in [0.717, 1.165) is 29.5 Å². The number of aromatic nitrogens is 3. The lowest BCUT2D eigenvalue weighted by Gasteiger charge is -2.11. The second-order valence-corrected chi connectivity index (χ2v) is 8.63. The van der Waals surface area contributed by atoms with Crippen LogP contribution >= 0.6 is 0 Å². The molecule has 0 bridgehead atoms. The smallest absolute Gasteiger partial charge is 0.145 e. The third-order valence-corrected chi connectivity index (χ3v) is 7.23. The first-order valence-electron chi connectivity index (χ1n) is 10.8. The molecule has 144 valence electrons. The van der Waals surface area contributed by atoms with Gasteiger partial charge in [0.15, 0.2) is 0 Å². The summed E-state index contributed by atoms with van der Waals surface area (Å²) in [6.07, 6.45) is 7.81. The standard InChI is InChI=1S/C28H17N3/c1-2-5-17-16(4-1)14-22-18(17)7-8-19-20-9-10-21-26(24(20)15-23(19)22)27-25(6-3-11-29-27)31-13-12-30-28(21)31/h1-13H,14-15H2. The van der Waals surface area contributed by atoms with E-state index in [4.69, 9.17) is 9.97 Å². The van der Waals surface area contributed by atoms with Gasteiger partial charge in [0.25, 0.3) is 0 Å². The molecule has 0 fully saturated rings. The van der Waals surface area contributed by atoms with Gasteiger partial charge in [0.1, 0.15) is 5.65 Å². The van der Waals surface area contributed by atoms with Crippen molar-refractivity contribution in [2.45, 2.75) is 12.8 Å². The van der Waals surface area contributed by atoms with Gasteiger partial charge in [0.05, 0.1) is 11.0 Å². The molecule has 3 heterocycles. The Morgan fingerprint density at radius 2 is 1.45 bits per heavy atom. The molecule has 0 spiro atoms. The van der Waals surface area contributed by atoms with Gasteiger partial charge in [-0.3, -0.25) is 9.38 Å². The molecule has 3 aromatic heterocycles. The SMILES string of the molecule is c1ccc2c(c1)Cc1c-2ccc2c1Cc1c-2ccc2c1c1ncccc1n1ccnc21. The molecule has 0 N–H and O–H groups in total. The minimum absolute atomic E-state index is 0.960. The molecule has 3 aromatic carbocycles. The van der Waals surface area contributed by atoms with Gasteiger partial charge in [-0.1, -0.05) is 42.5 Å². The number of fused-ring (bicyclic) bond motifs is 14. The highest BCUT2D eigenvalue weighted by atomic mass is 15.0. The van der Waals surface area contributed by atoms with Crippen LogP contribution in [0, 0.1) is 0 Å². The van der Waals surface area contributed by atoms with Crippen LogP contribution in [-0.4, -0.2) is 14.4 Å². The number of imidazole rings is 1. The van der Waals surface area contributed by atoms with Crippen LogP contribution in [0.3, 0.4) is 0 Å². The highest BCUT2D eigenvalue weighted by Crippen LogP contribution is 2.48. The van der Waals surface area contributed by atoms with Gasteiger partial charge in [-0.05, 0) is 75.5 Å². The predicted octanol–water partition coefficient (Wildman–Crippen LogP) is 6.18. The monoisotopic (exact) mass is 395 g/mol. The molecule has 0 radical (unpaired) electrons. The first-order chi connectivity index (χ1) is 15.4. The van der Waals surface area contributed by atoms with Gasteiger partial charge in [-0.25, -0.2) is 4.98 Å². The zero-order valence-corrected chi connectivity index (χ0v) is 16.8. The van der Waals surface area contributed by atoms with E-state index in [9.17, 15) is 0 Å². The lowest BCUT2D eigenvalue weighted by Crippen LogP contribution is -1.95. The van der Waals surface area contributed by atoms with Gasteiger partial charge < -0.3 is 0 Å². The molecular weight excluding hydrogens is 378 g/mol. The van der Waals surface area contributed by atoms with Crippen molar-refractivity contribution in [1.29, 1.82) is 0 Å². The normalized spacial score (nSPS) is 13.5. The van der Waals surface area contributed by atoms with E-state index < -0.39 is 0 Å². The molecule has 0 saturated heterocycles. The third kappa shape index (κ3) is 1.85. The number of pyridine rings is 2. The van der Waals surface area contributed by atoms with E-state index in [0.29, 0.717) is 0 Å². The predicted molar refractivity (Wildman–Crippen MR) is 124 cm³/mol. The Balaban J connectivity index is 1.47. The third-order valence-electron chi connectivity index (χ3n) is 7.23. The molecule has 31 heavy (non-hydrogen) atoms. The fourth-order valence-corrected chi connectivity index (χ4v) is 5.93. The van der Waals surface area contributed by atoms with Gasteiger partial charge in [-0.2, -0.15) is 0 Å². The highest BCUT2D eigenvalue weighted by Gasteiger charge is 2.29. The molecule has 0 aliphatic heterocycles. The molecule has 2 aliphatic rings.